The van der Waals surface area contributed by atoms with Crippen molar-refractivity contribution in [1.82, 2.24) is 0 Å². The van der Waals surface area contributed by atoms with Gasteiger partial charge in [0.15, 0.2) is 0 Å². The number of carboxylic acid groups (broad SMARTS) is 1. The number of halogens is 1. The summed E-state index contributed by atoms with van der Waals surface area (Å²) in [5, 5.41) is 10.1. The first kappa shape index (κ1) is 17.4. The summed E-state index contributed by atoms with van der Waals surface area (Å²) in [4.78, 5) is 11.6. The van der Waals surface area contributed by atoms with Gasteiger partial charge in [0.2, 0.25) is 0 Å². The zero-order chi connectivity index (χ0) is 16.8. The third-order valence-corrected chi connectivity index (χ3v) is 4.14. The van der Waals surface area contributed by atoms with Gasteiger partial charge < -0.3 is 9.84 Å². The SMILES string of the molecule is CCCOc1ccc(CC(C(=O)O)c2ccc(C)c(Cl)c2)cc1. The van der Waals surface area contributed by atoms with E-state index in [1.54, 1.807) is 6.07 Å². The van der Waals surface area contributed by atoms with E-state index in [0.717, 1.165) is 28.9 Å². The van der Waals surface area contributed by atoms with Gasteiger partial charge in [0.05, 0.1) is 12.5 Å². The molecule has 0 aliphatic heterocycles. The lowest BCUT2D eigenvalue weighted by atomic mass is 9.91. The minimum absolute atomic E-state index is 0.419. The lowest BCUT2D eigenvalue weighted by Gasteiger charge is -2.14. The minimum Gasteiger partial charge on any atom is -0.494 e. The summed E-state index contributed by atoms with van der Waals surface area (Å²) in [6.45, 7) is 4.63. The summed E-state index contributed by atoms with van der Waals surface area (Å²) in [5.74, 6) is -0.660. The van der Waals surface area contributed by atoms with E-state index in [1.807, 2.05) is 43.3 Å². The van der Waals surface area contributed by atoms with Crippen LogP contribution in [0.25, 0.3) is 0 Å². The molecule has 0 aliphatic rings. The van der Waals surface area contributed by atoms with E-state index in [0.29, 0.717) is 18.1 Å². The second-order valence-corrected chi connectivity index (χ2v) is 6.00. The smallest absolute Gasteiger partial charge is 0.311 e. The van der Waals surface area contributed by atoms with Crippen LogP contribution in [0.2, 0.25) is 5.02 Å². The van der Waals surface area contributed by atoms with Crippen molar-refractivity contribution in [3.05, 3.63) is 64.2 Å². The number of benzene rings is 2. The van der Waals surface area contributed by atoms with Crippen molar-refractivity contribution < 1.29 is 14.6 Å². The van der Waals surface area contributed by atoms with Crippen molar-refractivity contribution in [2.24, 2.45) is 0 Å². The molecule has 0 saturated heterocycles. The summed E-state index contributed by atoms with van der Waals surface area (Å²) in [6.07, 6.45) is 1.37. The normalized spacial score (nSPS) is 12.0. The molecule has 2 aromatic rings. The molecule has 4 heteroatoms. The fourth-order valence-corrected chi connectivity index (χ4v) is 2.54. The van der Waals surface area contributed by atoms with Crippen molar-refractivity contribution in [2.45, 2.75) is 32.6 Å². The number of aryl methyl sites for hydroxylation is 1. The number of hydrogen-bond acceptors (Lipinski definition) is 2. The van der Waals surface area contributed by atoms with E-state index in [-0.39, 0.29) is 0 Å². The molecule has 0 heterocycles. The molecule has 1 unspecified atom stereocenters. The molecule has 0 spiro atoms. The van der Waals surface area contributed by atoms with Crippen LogP contribution in [0.3, 0.4) is 0 Å². The Bertz CT molecular complexity index is 665. The van der Waals surface area contributed by atoms with Gasteiger partial charge in [-0.1, -0.05) is 42.8 Å². The Kier molecular flexibility index (Phi) is 6.05. The minimum atomic E-state index is -0.851. The maximum absolute atomic E-state index is 11.6. The average molecular weight is 333 g/mol. The van der Waals surface area contributed by atoms with E-state index in [1.165, 1.54) is 0 Å². The van der Waals surface area contributed by atoms with E-state index >= 15 is 0 Å². The lowest BCUT2D eigenvalue weighted by Crippen LogP contribution is -2.14. The van der Waals surface area contributed by atoms with Gasteiger partial charge in [-0.3, -0.25) is 4.79 Å². The van der Waals surface area contributed by atoms with Crippen LogP contribution in [0.5, 0.6) is 5.75 Å². The van der Waals surface area contributed by atoms with Gasteiger partial charge in [-0.25, -0.2) is 0 Å². The molecule has 0 fully saturated rings. The molecule has 0 saturated carbocycles. The van der Waals surface area contributed by atoms with Gasteiger partial charge in [0, 0.05) is 5.02 Å². The summed E-state index contributed by atoms with van der Waals surface area (Å²) in [7, 11) is 0. The third kappa shape index (κ3) is 4.73. The lowest BCUT2D eigenvalue weighted by molar-refractivity contribution is -0.138. The number of ether oxygens (including phenoxy) is 1. The maximum Gasteiger partial charge on any atom is 0.311 e. The summed E-state index contributed by atoms with van der Waals surface area (Å²) in [6, 6.07) is 13.0. The highest BCUT2D eigenvalue weighted by Gasteiger charge is 2.21. The van der Waals surface area contributed by atoms with Crippen molar-refractivity contribution in [2.75, 3.05) is 6.61 Å². The van der Waals surface area contributed by atoms with Gasteiger partial charge in [-0.05, 0) is 54.7 Å². The van der Waals surface area contributed by atoms with Crippen molar-refractivity contribution >= 4 is 17.6 Å². The van der Waals surface area contributed by atoms with Crippen LogP contribution in [0.4, 0.5) is 0 Å². The molecular weight excluding hydrogens is 312 g/mol. The summed E-state index contributed by atoms with van der Waals surface area (Å²) >= 11 is 6.13. The van der Waals surface area contributed by atoms with Crippen LogP contribution in [0, 0.1) is 6.92 Å². The maximum atomic E-state index is 11.6. The molecule has 1 N–H and O–H groups in total. The van der Waals surface area contributed by atoms with Crippen molar-refractivity contribution in [3.63, 3.8) is 0 Å². The molecule has 3 nitrogen and oxygen atoms in total. The number of hydrogen-bond donors (Lipinski definition) is 1. The molecule has 2 rings (SSSR count). The molecule has 0 bridgehead atoms. The Morgan fingerprint density at radius 3 is 2.48 bits per heavy atom. The number of rotatable bonds is 7. The summed E-state index contributed by atoms with van der Waals surface area (Å²) < 4.78 is 5.54. The van der Waals surface area contributed by atoms with Crippen LogP contribution >= 0.6 is 11.6 Å². The highest BCUT2D eigenvalue weighted by Crippen LogP contribution is 2.26. The Balaban J connectivity index is 2.16. The van der Waals surface area contributed by atoms with Crippen LogP contribution in [0.1, 0.15) is 36.0 Å². The fraction of sp³-hybridized carbons (Fsp3) is 0.316. The van der Waals surface area contributed by atoms with E-state index in [9.17, 15) is 9.90 Å². The molecule has 23 heavy (non-hydrogen) atoms. The molecule has 0 radical (unpaired) electrons. The van der Waals surface area contributed by atoms with Crippen LogP contribution in [0.15, 0.2) is 42.5 Å². The van der Waals surface area contributed by atoms with Gasteiger partial charge in [0.1, 0.15) is 5.75 Å². The molecule has 0 aromatic heterocycles. The highest BCUT2D eigenvalue weighted by atomic mass is 35.5. The molecule has 0 amide bonds. The quantitative estimate of drug-likeness (QED) is 0.788. The molecule has 1 atom stereocenters. The van der Waals surface area contributed by atoms with Gasteiger partial charge in [0.25, 0.3) is 0 Å². The fourth-order valence-electron chi connectivity index (χ4n) is 2.35. The van der Waals surface area contributed by atoms with Crippen molar-refractivity contribution in [1.29, 1.82) is 0 Å². The second kappa shape index (κ2) is 8.02. The number of aliphatic carboxylic acids is 1. The molecule has 0 aliphatic carbocycles. The zero-order valence-electron chi connectivity index (χ0n) is 13.4. The Hall–Kier alpha value is -2.00. The third-order valence-electron chi connectivity index (χ3n) is 3.73. The predicted molar refractivity (Wildman–Crippen MR) is 92.5 cm³/mol. The Morgan fingerprint density at radius 1 is 1.22 bits per heavy atom. The first-order chi connectivity index (χ1) is 11.0. The van der Waals surface area contributed by atoms with Gasteiger partial charge in [-0.2, -0.15) is 0 Å². The number of carboxylic acids is 1. The Labute approximate surface area is 141 Å². The van der Waals surface area contributed by atoms with Gasteiger partial charge in [-0.15, -0.1) is 0 Å². The van der Waals surface area contributed by atoms with Gasteiger partial charge >= 0.3 is 5.97 Å². The van der Waals surface area contributed by atoms with E-state index < -0.39 is 11.9 Å². The molecular formula is C19H21ClO3. The van der Waals surface area contributed by atoms with E-state index in [4.69, 9.17) is 16.3 Å². The first-order valence-electron chi connectivity index (χ1n) is 7.72. The standard InChI is InChI=1S/C19H21ClO3/c1-3-10-23-16-8-5-14(6-9-16)11-17(19(21)22)15-7-4-13(2)18(20)12-15/h4-9,12,17H,3,10-11H2,1-2H3,(H,21,22). The highest BCUT2D eigenvalue weighted by molar-refractivity contribution is 6.31. The van der Waals surface area contributed by atoms with Crippen LogP contribution < -0.4 is 4.74 Å². The summed E-state index contributed by atoms with van der Waals surface area (Å²) in [5.41, 5.74) is 2.62. The second-order valence-electron chi connectivity index (χ2n) is 5.60. The predicted octanol–water partition coefficient (Wildman–Crippen LogP) is 4.85. The number of carbonyl (C=O) groups is 1. The molecule has 122 valence electrons. The van der Waals surface area contributed by atoms with Crippen LogP contribution in [-0.2, 0) is 11.2 Å². The Morgan fingerprint density at radius 2 is 1.91 bits per heavy atom. The largest absolute Gasteiger partial charge is 0.494 e. The monoisotopic (exact) mass is 332 g/mol. The zero-order valence-corrected chi connectivity index (χ0v) is 14.1. The van der Waals surface area contributed by atoms with E-state index in [2.05, 4.69) is 6.92 Å². The molecule has 2 aromatic carbocycles. The topological polar surface area (TPSA) is 46.5 Å². The van der Waals surface area contributed by atoms with Crippen LogP contribution in [-0.4, -0.2) is 17.7 Å². The first-order valence-corrected chi connectivity index (χ1v) is 8.09. The van der Waals surface area contributed by atoms with Crippen molar-refractivity contribution in [3.8, 4) is 5.75 Å². The average Bonchev–Trinajstić information content (AvgIpc) is 2.54.